The van der Waals surface area contributed by atoms with Crippen molar-refractivity contribution in [3.8, 4) is 11.8 Å². The highest BCUT2D eigenvalue weighted by molar-refractivity contribution is 5.72. The van der Waals surface area contributed by atoms with Gasteiger partial charge >= 0.3 is 5.97 Å². The summed E-state index contributed by atoms with van der Waals surface area (Å²) < 4.78 is 10.7. The third-order valence-electron chi connectivity index (χ3n) is 6.55. The van der Waals surface area contributed by atoms with Crippen LogP contribution in [0.1, 0.15) is 117 Å². The molecule has 0 aromatic heterocycles. The lowest BCUT2D eigenvalue weighted by atomic mass is 9.92. The Morgan fingerprint density at radius 1 is 0.969 bits per heavy atom. The molecule has 0 aliphatic heterocycles. The lowest BCUT2D eigenvalue weighted by Crippen LogP contribution is -2.20. The average Bonchev–Trinajstić information content (AvgIpc) is 3.24. The zero-order chi connectivity index (χ0) is 23.3. The maximum absolute atomic E-state index is 12.5. The van der Waals surface area contributed by atoms with E-state index in [1.165, 1.54) is 57.8 Å². The lowest BCUT2D eigenvalue weighted by molar-refractivity contribution is -0.150. The van der Waals surface area contributed by atoms with E-state index < -0.39 is 0 Å². The van der Waals surface area contributed by atoms with Crippen LogP contribution in [0.2, 0.25) is 0 Å². The van der Waals surface area contributed by atoms with Crippen molar-refractivity contribution in [2.24, 2.45) is 17.8 Å². The van der Waals surface area contributed by atoms with Crippen LogP contribution in [-0.2, 0) is 14.3 Å². The Morgan fingerprint density at radius 2 is 1.78 bits per heavy atom. The van der Waals surface area contributed by atoms with Crippen molar-refractivity contribution in [2.45, 2.75) is 117 Å². The summed E-state index contributed by atoms with van der Waals surface area (Å²) in [5, 5.41) is 0. The van der Waals surface area contributed by atoms with Gasteiger partial charge in [0.05, 0.1) is 12.5 Å². The van der Waals surface area contributed by atoms with Crippen molar-refractivity contribution >= 4 is 5.97 Å². The van der Waals surface area contributed by atoms with Gasteiger partial charge in [0.25, 0.3) is 0 Å². The molecule has 1 saturated carbocycles. The number of hydrogen-bond acceptors (Lipinski definition) is 3. The Bertz CT molecular complexity index is 542. The molecule has 1 fully saturated rings. The number of carbonyl (C=O) groups excluding carboxylic acids is 1. The van der Waals surface area contributed by atoms with Crippen LogP contribution in [0.3, 0.4) is 0 Å². The molecule has 3 nitrogen and oxygen atoms in total. The lowest BCUT2D eigenvalue weighted by Gasteiger charge is -2.15. The Hall–Kier alpha value is -1.27. The fourth-order valence-corrected chi connectivity index (χ4v) is 4.52. The molecule has 3 heteroatoms. The van der Waals surface area contributed by atoms with Crippen LogP contribution < -0.4 is 0 Å². The molecule has 3 atom stereocenters. The van der Waals surface area contributed by atoms with E-state index in [-0.39, 0.29) is 11.9 Å². The summed E-state index contributed by atoms with van der Waals surface area (Å²) in [5.41, 5.74) is 0. The zero-order valence-corrected chi connectivity index (χ0v) is 21.3. The average molecular weight is 447 g/mol. The first-order valence-electron chi connectivity index (χ1n) is 13.6. The fraction of sp³-hybridized carbons (Fsp3) is 0.828. The minimum absolute atomic E-state index is 0.0191. The second-order valence-electron chi connectivity index (χ2n) is 9.27. The maximum atomic E-state index is 12.5. The van der Waals surface area contributed by atoms with E-state index in [1.807, 2.05) is 6.92 Å². The standard InChI is InChI=1S/C29H50O3/c1-4-7-9-10-11-14-18-26-22-17-23-27(26)19-15-12-16-21-28(20-13-8-5-2)29(30)32-25-24-31-6-3/h12,15,26-28H,4-11,13,16-17,19-25H2,1-3H3/t26-,27-,28?/m0/s1. The number of esters is 1. The van der Waals surface area contributed by atoms with Crippen LogP contribution in [0.25, 0.3) is 0 Å². The SMILES string of the molecule is CCCCCCC#C[C@H]1CCC[C@@H]1CC=CCCC(CCCCC)C(=O)OCCOCC. The topological polar surface area (TPSA) is 35.5 Å². The number of carbonyl (C=O) groups is 1. The van der Waals surface area contributed by atoms with Gasteiger partial charge in [-0.2, -0.15) is 0 Å². The van der Waals surface area contributed by atoms with E-state index in [0.29, 0.717) is 25.7 Å². The van der Waals surface area contributed by atoms with Crippen LogP contribution in [0.4, 0.5) is 0 Å². The maximum Gasteiger partial charge on any atom is 0.309 e. The van der Waals surface area contributed by atoms with E-state index in [4.69, 9.17) is 9.47 Å². The summed E-state index contributed by atoms with van der Waals surface area (Å²) in [5.74, 6) is 8.33. The minimum atomic E-state index is -0.0423. The molecule has 1 unspecified atom stereocenters. The van der Waals surface area contributed by atoms with Gasteiger partial charge in [-0.3, -0.25) is 4.79 Å². The van der Waals surface area contributed by atoms with Crippen molar-refractivity contribution in [3.05, 3.63) is 12.2 Å². The Morgan fingerprint density at radius 3 is 2.56 bits per heavy atom. The van der Waals surface area contributed by atoms with Crippen LogP contribution in [0, 0.1) is 29.6 Å². The largest absolute Gasteiger partial charge is 0.463 e. The molecule has 184 valence electrons. The highest BCUT2D eigenvalue weighted by atomic mass is 16.6. The molecular weight excluding hydrogens is 396 g/mol. The summed E-state index contributed by atoms with van der Waals surface area (Å²) >= 11 is 0. The molecule has 0 N–H and O–H groups in total. The molecule has 0 bridgehead atoms. The Kier molecular flexibility index (Phi) is 18.3. The number of rotatable bonds is 18. The second-order valence-corrected chi connectivity index (χ2v) is 9.27. The molecule has 0 saturated heterocycles. The normalized spacial score (nSPS) is 19.1. The smallest absolute Gasteiger partial charge is 0.309 e. The summed E-state index contributed by atoms with van der Waals surface area (Å²) in [6, 6.07) is 0. The van der Waals surface area contributed by atoms with Gasteiger partial charge in [0.1, 0.15) is 6.61 Å². The van der Waals surface area contributed by atoms with Crippen LogP contribution in [-0.4, -0.2) is 25.8 Å². The quantitative estimate of drug-likeness (QED) is 0.0929. The van der Waals surface area contributed by atoms with Gasteiger partial charge in [0.15, 0.2) is 0 Å². The van der Waals surface area contributed by atoms with E-state index in [0.717, 1.165) is 44.4 Å². The van der Waals surface area contributed by atoms with Crippen LogP contribution >= 0.6 is 0 Å². The van der Waals surface area contributed by atoms with Gasteiger partial charge < -0.3 is 9.47 Å². The fourth-order valence-electron chi connectivity index (χ4n) is 4.52. The second kappa shape index (κ2) is 20.3. The Balaban J connectivity index is 2.35. The number of ether oxygens (including phenoxy) is 2. The van der Waals surface area contributed by atoms with Crippen LogP contribution in [0.5, 0.6) is 0 Å². The molecule has 0 aromatic carbocycles. The van der Waals surface area contributed by atoms with Crippen molar-refractivity contribution < 1.29 is 14.3 Å². The first kappa shape index (κ1) is 28.8. The van der Waals surface area contributed by atoms with Gasteiger partial charge in [-0.1, -0.05) is 76.9 Å². The molecule has 0 spiro atoms. The highest BCUT2D eigenvalue weighted by Crippen LogP contribution is 2.34. The number of hydrogen-bond donors (Lipinski definition) is 0. The monoisotopic (exact) mass is 446 g/mol. The van der Waals surface area contributed by atoms with Gasteiger partial charge in [-0.15, -0.1) is 5.92 Å². The molecule has 0 amide bonds. The predicted molar refractivity (Wildman–Crippen MR) is 135 cm³/mol. The minimum Gasteiger partial charge on any atom is -0.463 e. The molecule has 0 radical (unpaired) electrons. The highest BCUT2D eigenvalue weighted by Gasteiger charge is 2.24. The molecule has 1 aliphatic carbocycles. The van der Waals surface area contributed by atoms with Crippen molar-refractivity contribution in [2.75, 3.05) is 19.8 Å². The Labute approximate surface area is 199 Å². The summed E-state index contributed by atoms with van der Waals surface area (Å²) in [4.78, 5) is 12.5. The molecule has 0 aromatic rings. The van der Waals surface area contributed by atoms with Crippen molar-refractivity contribution in [3.63, 3.8) is 0 Å². The zero-order valence-electron chi connectivity index (χ0n) is 21.3. The van der Waals surface area contributed by atoms with Gasteiger partial charge in [-0.25, -0.2) is 0 Å². The first-order valence-corrected chi connectivity index (χ1v) is 13.6. The van der Waals surface area contributed by atoms with E-state index >= 15 is 0 Å². The van der Waals surface area contributed by atoms with Crippen molar-refractivity contribution in [1.29, 1.82) is 0 Å². The van der Waals surface area contributed by atoms with Gasteiger partial charge in [0.2, 0.25) is 0 Å². The predicted octanol–water partition coefficient (Wildman–Crippen LogP) is 7.88. The molecule has 1 rings (SSSR count). The summed E-state index contributed by atoms with van der Waals surface area (Å²) in [6.07, 6.45) is 22.2. The van der Waals surface area contributed by atoms with E-state index in [2.05, 4.69) is 37.8 Å². The summed E-state index contributed by atoms with van der Waals surface area (Å²) in [7, 11) is 0. The van der Waals surface area contributed by atoms with Gasteiger partial charge in [0, 0.05) is 18.9 Å². The third-order valence-corrected chi connectivity index (χ3v) is 6.55. The first-order chi connectivity index (χ1) is 15.7. The number of allylic oxidation sites excluding steroid dienone is 2. The summed E-state index contributed by atoms with van der Waals surface area (Å²) in [6.45, 7) is 7.94. The molecule has 0 heterocycles. The molecular formula is C29H50O3. The molecule has 32 heavy (non-hydrogen) atoms. The van der Waals surface area contributed by atoms with Crippen molar-refractivity contribution in [1.82, 2.24) is 0 Å². The van der Waals surface area contributed by atoms with E-state index in [1.54, 1.807) is 0 Å². The third kappa shape index (κ3) is 14.0. The van der Waals surface area contributed by atoms with Crippen LogP contribution in [0.15, 0.2) is 12.2 Å². The molecule has 1 aliphatic rings. The van der Waals surface area contributed by atoms with Gasteiger partial charge in [-0.05, 0) is 57.8 Å². The number of unbranched alkanes of at least 4 members (excludes halogenated alkanes) is 6. The van der Waals surface area contributed by atoms with E-state index in [9.17, 15) is 4.79 Å².